The number of benzene rings is 1. The predicted octanol–water partition coefficient (Wildman–Crippen LogP) is 4.25. The minimum atomic E-state index is 0.516. The van der Waals surface area contributed by atoms with Crippen molar-refractivity contribution in [3.05, 3.63) is 37.1 Å². The number of hydrogen-bond donors (Lipinski definition) is 0. The molecule has 0 aliphatic heterocycles. The quantitative estimate of drug-likeness (QED) is 0.658. The van der Waals surface area contributed by atoms with Gasteiger partial charge in [-0.25, -0.2) is 4.85 Å². The van der Waals surface area contributed by atoms with Gasteiger partial charge in [0, 0.05) is 8.95 Å². The summed E-state index contributed by atoms with van der Waals surface area (Å²) < 4.78 is 1.52. The van der Waals surface area contributed by atoms with Gasteiger partial charge in [-0.2, -0.15) is 5.26 Å². The van der Waals surface area contributed by atoms with Crippen molar-refractivity contribution in [3.63, 3.8) is 0 Å². The Kier molecular flexibility index (Phi) is 3.31. The van der Waals surface area contributed by atoms with Gasteiger partial charge < -0.3 is 0 Å². The lowest BCUT2D eigenvalue weighted by Crippen LogP contribution is -1.90. The van der Waals surface area contributed by atoms with Crippen molar-refractivity contribution in [2.45, 2.75) is 13.8 Å². The van der Waals surface area contributed by atoms with Gasteiger partial charge in [0.2, 0.25) is 5.69 Å². The van der Waals surface area contributed by atoms with Crippen LogP contribution in [0.3, 0.4) is 0 Å². The minimum Gasteiger partial charge on any atom is -0.237 e. The van der Waals surface area contributed by atoms with Crippen LogP contribution in [0.5, 0.6) is 0 Å². The van der Waals surface area contributed by atoms with Gasteiger partial charge in [-0.05, 0) is 40.9 Å². The van der Waals surface area contributed by atoms with Crippen LogP contribution in [0.15, 0.2) is 8.95 Å². The molecule has 0 aliphatic carbocycles. The fourth-order valence-corrected chi connectivity index (χ4v) is 2.61. The Balaban J connectivity index is 3.78. The molecule has 0 saturated carbocycles. The van der Waals surface area contributed by atoms with Crippen LogP contribution < -0.4 is 0 Å². The summed E-state index contributed by atoms with van der Waals surface area (Å²) in [6.45, 7) is 10.7. The van der Waals surface area contributed by atoms with Gasteiger partial charge in [0.25, 0.3) is 0 Å². The van der Waals surface area contributed by atoms with E-state index in [4.69, 9.17) is 11.8 Å². The zero-order valence-electron chi connectivity index (χ0n) is 7.65. The molecule has 1 rings (SSSR count). The molecular formula is C10H6Br2N2. The fourth-order valence-electron chi connectivity index (χ4n) is 1.17. The van der Waals surface area contributed by atoms with Gasteiger partial charge >= 0.3 is 0 Å². The molecule has 4 heteroatoms. The molecule has 0 aromatic heterocycles. The van der Waals surface area contributed by atoms with E-state index in [-0.39, 0.29) is 0 Å². The van der Waals surface area contributed by atoms with E-state index in [0.717, 1.165) is 14.5 Å². The number of rotatable bonds is 0. The van der Waals surface area contributed by atoms with Crippen LogP contribution in [0, 0.1) is 31.8 Å². The molecule has 0 atom stereocenters. The topological polar surface area (TPSA) is 28.1 Å². The molecule has 0 saturated heterocycles. The third kappa shape index (κ3) is 1.56. The van der Waals surface area contributed by atoms with Crippen LogP contribution in [0.4, 0.5) is 5.69 Å². The molecule has 2 nitrogen and oxygen atoms in total. The third-order valence-electron chi connectivity index (χ3n) is 2.04. The fraction of sp³-hybridized carbons (Fsp3) is 0.200. The van der Waals surface area contributed by atoms with Crippen molar-refractivity contribution in [1.29, 1.82) is 5.26 Å². The van der Waals surface area contributed by atoms with Crippen molar-refractivity contribution < 1.29 is 0 Å². The van der Waals surface area contributed by atoms with E-state index >= 15 is 0 Å². The smallest absolute Gasteiger partial charge is 0.205 e. The lowest BCUT2D eigenvalue weighted by Gasteiger charge is -2.09. The third-order valence-corrected chi connectivity index (χ3v) is 4.00. The molecule has 0 N–H and O–H groups in total. The zero-order valence-corrected chi connectivity index (χ0v) is 10.8. The summed E-state index contributed by atoms with van der Waals surface area (Å²) in [4.78, 5) is 3.41. The average Bonchev–Trinajstić information content (AvgIpc) is 2.16. The van der Waals surface area contributed by atoms with Gasteiger partial charge in [0.1, 0.15) is 0 Å². The molecular weight excluding hydrogens is 308 g/mol. The first-order valence-electron chi connectivity index (χ1n) is 3.80. The first-order valence-corrected chi connectivity index (χ1v) is 5.38. The van der Waals surface area contributed by atoms with E-state index < -0.39 is 0 Å². The highest BCUT2D eigenvalue weighted by atomic mass is 79.9. The number of nitrogens with zero attached hydrogens (tertiary/aromatic N) is 2. The molecule has 0 bridgehead atoms. The van der Waals surface area contributed by atoms with Crippen LogP contribution in [0.1, 0.15) is 16.7 Å². The lowest BCUT2D eigenvalue weighted by molar-refractivity contribution is 1.31. The molecule has 0 aliphatic rings. The van der Waals surface area contributed by atoms with E-state index in [1.165, 1.54) is 0 Å². The van der Waals surface area contributed by atoms with Crippen LogP contribution in [-0.4, -0.2) is 0 Å². The van der Waals surface area contributed by atoms with Crippen molar-refractivity contribution in [3.8, 4) is 6.07 Å². The summed E-state index contributed by atoms with van der Waals surface area (Å²) in [6.07, 6.45) is 0. The largest absolute Gasteiger partial charge is 0.237 e. The van der Waals surface area contributed by atoms with Crippen molar-refractivity contribution in [2.24, 2.45) is 0 Å². The monoisotopic (exact) mass is 312 g/mol. The number of hydrogen-bond acceptors (Lipinski definition) is 1. The molecule has 1 aromatic rings. The maximum Gasteiger partial charge on any atom is 0.205 e. The Hall–Kier alpha value is -0.840. The maximum atomic E-state index is 8.94. The summed E-state index contributed by atoms with van der Waals surface area (Å²) in [5.41, 5.74) is 2.66. The molecule has 70 valence electrons. The van der Waals surface area contributed by atoms with Crippen LogP contribution in [0.2, 0.25) is 0 Å². The second kappa shape index (κ2) is 4.13. The molecule has 0 fully saturated rings. The van der Waals surface area contributed by atoms with Crippen molar-refractivity contribution in [1.82, 2.24) is 0 Å². The highest BCUT2D eigenvalue weighted by Crippen LogP contribution is 2.39. The molecule has 1 aromatic carbocycles. The van der Waals surface area contributed by atoms with E-state index in [0.29, 0.717) is 16.8 Å². The standard InChI is InChI=1S/C10H6Br2N2/c1-5-7(4-13)8(11)6(2)9(12)10(5)14-3/h1-2H3. The molecule has 14 heavy (non-hydrogen) atoms. The highest BCUT2D eigenvalue weighted by molar-refractivity contribution is 9.11. The Morgan fingerprint density at radius 3 is 2.21 bits per heavy atom. The molecule has 0 amide bonds. The summed E-state index contributed by atoms with van der Waals surface area (Å²) in [5.74, 6) is 0. The first kappa shape index (κ1) is 11.2. The van der Waals surface area contributed by atoms with Gasteiger partial charge in [-0.15, -0.1) is 0 Å². The Labute approximate surface area is 99.6 Å². The molecule has 0 heterocycles. The molecule has 0 spiro atoms. The van der Waals surface area contributed by atoms with Crippen LogP contribution in [-0.2, 0) is 0 Å². The van der Waals surface area contributed by atoms with Crippen molar-refractivity contribution >= 4 is 37.5 Å². The summed E-state index contributed by atoms with van der Waals surface area (Å²) in [5, 5.41) is 8.94. The maximum absolute atomic E-state index is 8.94. The second-order valence-electron chi connectivity index (χ2n) is 2.83. The van der Waals surface area contributed by atoms with Crippen LogP contribution >= 0.6 is 31.9 Å². The van der Waals surface area contributed by atoms with Gasteiger partial charge in [0.05, 0.1) is 18.2 Å². The second-order valence-corrected chi connectivity index (χ2v) is 4.41. The van der Waals surface area contributed by atoms with E-state index in [1.807, 2.05) is 6.92 Å². The minimum absolute atomic E-state index is 0.516. The molecule has 0 radical (unpaired) electrons. The Bertz CT molecular complexity index is 437. The summed E-state index contributed by atoms with van der Waals surface area (Å²) in [7, 11) is 0. The van der Waals surface area contributed by atoms with Gasteiger partial charge in [-0.3, -0.25) is 0 Å². The van der Waals surface area contributed by atoms with Crippen molar-refractivity contribution in [2.75, 3.05) is 0 Å². The van der Waals surface area contributed by atoms with Crippen LogP contribution in [0.25, 0.3) is 4.85 Å². The molecule has 0 unspecified atom stereocenters. The Morgan fingerprint density at radius 1 is 1.21 bits per heavy atom. The SMILES string of the molecule is [C-]#[N+]c1c(C)c(C#N)c(Br)c(C)c1Br. The first-order chi connectivity index (χ1) is 6.54. The highest BCUT2D eigenvalue weighted by Gasteiger charge is 2.16. The Morgan fingerprint density at radius 2 is 1.79 bits per heavy atom. The number of nitriles is 1. The summed E-state index contributed by atoms with van der Waals surface area (Å²) >= 11 is 6.70. The predicted molar refractivity (Wildman–Crippen MR) is 62.3 cm³/mol. The lowest BCUT2D eigenvalue weighted by atomic mass is 10.0. The number of halogens is 2. The van der Waals surface area contributed by atoms with E-state index in [1.54, 1.807) is 6.92 Å². The van der Waals surface area contributed by atoms with Gasteiger partial charge in [0.15, 0.2) is 0 Å². The average molecular weight is 314 g/mol. The van der Waals surface area contributed by atoms with E-state index in [9.17, 15) is 0 Å². The van der Waals surface area contributed by atoms with Gasteiger partial charge in [-0.1, -0.05) is 15.9 Å². The zero-order chi connectivity index (χ0) is 10.9. The summed E-state index contributed by atoms with van der Waals surface area (Å²) in [6, 6.07) is 2.10. The normalized spacial score (nSPS) is 9.29. The van der Waals surface area contributed by atoms with E-state index in [2.05, 4.69) is 42.8 Å².